The molecular formula is C20H22N2O. The molecule has 118 valence electrons. The second-order valence-corrected chi connectivity index (χ2v) is 6.09. The molecule has 0 fully saturated rings. The summed E-state index contributed by atoms with van der Waals surface area (Å²) < 4.78 is 8.09. The molecule has 23 heavy (non-hydrogen) atoms. The summed E-state index contributed by atoms with van der Waals surface area (Å²) in [6.45, 7) is 4.98. The van der Waals surface area contributed by atoms with Gasteiger partial charge in [0.2, 0.25) is 0 Å². The number of nitrogens with zero attached hydrogens (tertiary/aromatic N) is 2. The van der Waals surface area contributed by atoms with Crippen LogP contribution in [0.25, 0.3) is 22.5 Å². The Bertz CT molecular complexity index is 761. The summed E-state index contributed by atoms with van der Waals surface area (Å²) >= 11 is 0. The molecule has 3 heteroatoms. The molecule has 0 amide bonds. The average molecular weight is 306 g/mol. The van der Waals surface area contributed by atoms with E-state index in [2.05, 4.69) is 38.1 Å². The van der Waals surface area contributed by atoms with E-state index in [-0.39, 0.29) is 0 Å². The van der Waals surface area contributed by atoms with Gasteiger partial charge in [-0.2, -0.15) is 5.10 Å². The van der Waals surface area contributed by atoms with Crippen LogP contribution in [0.4, 0.5) is 0 Å². The second-order valence-electron chi connectivity index (χ2n) is 6.09. The quantitative estimate of drug-likeness (QED) is 0.677. The molecular weight excluding hydrogens is 284 g/mol. The third kappa shape index (κ3) is 3.29. The van der Waals surface area contributed by atoms with E-state index in [4.69, 9.17) is 9.84 Å². The van der Waals surface area contributed by atoms with E-state index in [1.165, 1.54) is 0 Å². The lowest BCUT2D eigenvalue weighted by atomic mass is 10.1. The molecule has 0 N–H and O–H groups in total. The van der Waals surface area contributed by atoms with Gasteiger partial charge in [-0.1, -0.05) is 74.5 Å². The van der Waals surface area contributed by atoms with Crippen molar-refractivity contribution < 1.29 is 4.74 Å². The lowest BCUT2D eigenvalue weighted by Crippen LogP contribution is -2.05. The predicted molar refractivity (Wildman–Crippen MR) is 94.4 cm³/mol. The molecule has 0 saturated carbocycles. The minimum atomic E-state index is 0.461. The summed E-state index contributed by atoms with van der Waals surface area (Å²) in [5.41, 5.74) is 4.10. The molecule has 0 atom stereocenters. The average Bonchev–Trinajstić information content (AvgIpc) is 2.91. The van der Waals surface area contributed by atoms with E-state index in [1.54, 1.807) is 0 Å². The minimum absolute atomic E-state index is 0.461. The zero-order valence-corrected chi connectivity index (χ0v) is 13.9. The Kier molecular flexibility index (Phi) is 4.47. The highest BCUT2D eigenvalue weighted by Gasteiger charge is 2.20. The van der Waals surface area contributed by atoms with Crippen LogP contribution in [0.3, 0.4) is 0 Å². The van der Waals surface area contributed by atoms with Crippen molar-refractivity contribution in [3.8, 4) is 28.3 Å². The van der Waals surface area contributed by atoms with Gasteiger partial charge in [0, 0.05) is 18.2 Å². The minimum Gasteiger partial charge on any atom is -0.489 e. The summed E-state index contributed by atoms with van der Waals surface area (Å²) in [6.07, 6.45) is 0. The van der Waals surface area contributed by atoms with Crippen LogP contribution in [0.15, 0.2) is 60.7 Å². The van der Waals surface area contributed by atoms with Crippen molar-refractivity contribution in [2.75, 3.05) is 6.61 Å². The van der Waals surface area contributed by atoms with Gasteiger partial charge in [0.1, 0.15) is 11.4 Å². The number of hydrogen-bond acceptors (Lipinski definition) is 2. The predicted octanol–water partition coefficient (Wildman–Crippen LogP) is 4.79. The van der Waals surface area contributed by atoms with Crippen molar-refractivity contribution in [1.82, 2.24) is 9.78 Å². The van der Waals surface area contributed by atoms with Gasteiger partial charge < -0.3 is 4.74 Å². The SMILES string of the molecule is CC(C)COc1c(-c2ccccc2)nn(C)c1-c1ccccc1. The third-order valence-electron chi connectivity index (χ3n) is 3.66. The zero-order chi connectivity index (χ0) is 16.2. The highest BCUT2D eigenvalue weighted by atomic mass is 16.5. The lowest BCUT2D eigenvalue weighted by molar-refractivity contribution is 0.273. The topological polar surface area (TPSA) is 27.1 Å². The van der Waals surface area contributed by atoms with E-state index in [0.29, 0.717) is 12.5 Å². The Labute approximate surface area is 137 Å². The first-order valence-corrected chi connectivity index (χ1v) is 7.97. The second kappa shape index (κ2) is 6.69. The van der Waals surface area contributed by atoms with Gasteiger partial charge in [0.25, 0.3) is 0 Å². The van der Waals surface area contributed by atoms with E-state index < -0.39 is 0 Å². The van der Waals surface area contributed by atoms with Crippen LogP contribution in [0.2, 0.25) is 0 Å². The zero-order valence-electron chi connectivity index (χ0n) is 13.9. The number of aryl methyl sites for hydroxylation is 1. The van der Waals surface area contributed by atoms with Crippen LogP contribution in [0, 0.1) is 5.92 Å². The molecule has 2 aromatic carbocycles. The van der Waals surface area contributed by atoms with E-state index >= 15 is 0 Å². The number of ether oxygens (including phenoxy) is 1. The normalized spacial score (nSPS) is 11.0. The first-order valence-electron chi connectivity index (χ1n) is 7.97. The third-order valence-corrected chi connectivity index (χ3v) is 3.66. The fraction of sp³-hybridized carbons (Fsp3) is 0.250. The van der Waals surface area contributed by atoms with Crippen LogP contribution in [-0.2, 0) is 7.05 Å². The molecule has 0 spiro atoms. The van der Waals surface area contributed by atoms with Crippen molar-refractivity contribution in [2.45, 2.75) is 13.8 Å². The smallest absolute Gasteiger partial charge is 0.173 e. The molecule has 1 aromatic heterocycles. The molecule has 0 radical (unpaired) electrons. The highest BCUT2D eigenvalue weighted by Crippen LogP contribution is 2.38. The molecule has 3 nitrogen and oxygen atoms in total. The summed E-state index contributed by atoms with van der Waals surface area (Å²) in [6, 6.07) is 20.5. The maximum absolute atomic E-state index is 6.18. The molecule has 3 rings (SSSR count). The fourth-order valence-electron chi connectivity index (χ4n) is 2.59. The fourth-order valence-corrected chi connectivity index (χ4v) is 2.59. The lowest BCUT2D eigenvalue weighted by Gasteiger charge is -2.12. The van der Waals surface area contributed by atoms with Gasteiger partial charge in [0.15, 0.2) is 5.75 Å². The first kappa shape index (κ1) is 15.3. The number of benzene rings is 2. The van der Waals surface area contributed by atoms with E-state index in [9.17, 15) is 0 Å². The van der Waals surface area contributed by atoms with E-state index in [1.807, 2.05) is 48.1 Å². The monoisotopic (exact) mass is 306 g/mol. The van der Waals surface area contributed by atoms with Crippen LogP contribution in [0.1, 0.15) is 13.8 Å². The molecule has 0 aliphatic carbocycles. The standard InChI is InChI=1S/C20H22N2O/c1-15(2)14-23-20-18(16-10-6-4-7-11-16)21-22(3)19(20)17-12-8-5-9-13-17/h4-13,15H,14H2,1-3H3. The summed E-state index contributed by atoms with van der Waals surface area (Å²) in [5, 5.41) is 4.73. The summed E-state index contributed by atoms with van der Waals surface area (Å²) in [4.78, 5) is 0. The van der Waals surface area contributed by atoms with Gasteiger partial charge >= 0.3 is 0 Å². The number of hydrogen-bond donors (Lipinski definition) is 0. The van der Waals surface area contributed by atoms with Crippen molar-refractivity contribution in [3.63, 3.8) is 0 Å². The van der Waals surface area contributed by atoms with Gasteiger partial charge in [-0.15, -0.1) is 0 Å². The number of rotatable bonds is 5. The Hall–Kier alpha value is -2.55. The maximum atomic E-state index is 6.18. The Balaban J connectivity index is 2.13. The first-order chi connectivity index (χ1) is 11.2. The molecule has 0 bridgehead atoms. The van der Waals surface area contributed by atoms with Gasteiger partial charge in [0.05, 0.1) is 6.61 Å². The maximum Gasteiger partial charge on any atom is 0.173 e. The highest BCUT2D eigenvalue weighted by molar-refractivity contribution is 5.78. The molecule has 0 unspecified atom stereocenters. The molecule has 3 aromatic rings. The Morgan fingerprint density at radius 3 is 2.04 bits per heavy atom. The Morgan fingerprint density at radius 2 is 1.48 bits per heavy atom. The molecule has 0 aliphatic heterocycles. The van der Waals surface area contributed by atoms with Crippen molar-refractivity contribution in [2.24, 2.45) is 13.0 Å². The summed E-state index contributed by atoms with van der Waals surface area (Å²) in [5.74, 6) is 1.32. The molecule has 1 heterocycles. The van der Waals surface area contributed by atoms with Crippen molar-refractivity contribution >= 4 is 0 Å². The molecule has 0 aliphatic rings. The van der Waals surface area contributed by atoms with Gasteiger partial charge in [-0.3, -0.25) is 4.68 Å². The van der Waals surface area contributed by atoms with E-state index in [0.717, 1.165) is 28.3 Å². The summed E-state index contributed by atoms with van der Waals surface area (Å²) in [7, 11) is 1.97. The van der Waals surface area contributed by atoms with Crippen molar-refractivity contribution in [1.29, 1.82) is 0 Å². The van der Waals surface area contributed by atoms with Crippen LogP contribution >= 0.6 is 0 Å². The molecule has 0 saturated heterocycles. The van der Waals surface area contributed by atoms with Crippen LogP contribution in [0.5, 0.6) is 5.75 Å². The number of aromatic nitrogens is 2. The Morgan fingerprint density at radius 1 is 0.913 bits per heavy atom. The van der Waals surface area contributed by atoms with Crippen molar-refractivity contribution in [3.05, 3.63) is 60.7 Å². The van der Waals surface area contributed by atoms with Crippen LogP contribution in [-0.4, -0.2) is 16.4 Å². The van der Waals surface area contributed by atoms with Gasteiger partial charge in [-0.25, -0.2) is 0 Å². The van der Waals surface area contributed by atoms with Crippen LogP contribution < -0.4 is 4.74 Å². The largest absolute Gasteiger partial charge is 0.489 e. The van der Waals surface area contributed by atoms with Gasteiger partial charge in [-0.05, 0) is 5.92 Å².